The van der Waals surface area contributed by atoms with E-state index in [-0.39, 0.29) is 37.9 Å². The van der Waals surface area contributed by atoms with Gasteiger partial charge in [-0.05, 0) is 174 Å². The van der Waals surface area contributed by atoms with Crippen LogP contribution in [0.1, 0.15) is 183 Å². The number of para-hydroxylation sites is 7. The lowest BCUT2D eigenvalue weighted by Gasteiger charge is -2.23. The van der Waals surface area contributed by atoms with E-state index in [2.05, 4.69) is 451 Å². The van der Waals surface area contributed by atoms with Crippen LogP contribution in [0.2, 0.25) is 0 Å². The van der Waals surface area contributed by atoms with Crippen molar-refractivity contribution in [3.63, 3.8) is 0 Å². The molecule has 21 aromatic rings. The highest BCUT2D eigenvalue weighted by molar-refractivity contribution is 7.26. The first kappa shape index (κ1) is 83.2. The number of fused-ring (bicyclic) bond motifs is 21. The van der Waals surface area contributed by atoms with Crippen LogP contribution in [0.5, 0.6) is 0 Å². The minimum atomic E-state index is 0.00226. The lowest BCUT2D eigenvalue weighted by Crippen LogP contribution is -2.16. The standard InChI is InChI=1S/C34H28N2.C19H22.2C16H16O.2C16H16S/c1-34(2,3)23-20-24(35-30-16-8-4-12-26(30)27-13-5-9-17-31(27)35)22-25(21-23)36-32-18-10-6-14-28(32)29-15-7-11-19-33(29)36;1-18(2,3)13-10-11-17-15(12-13)14-8-6-7-9-16(14)19(17,4)5;1-16(2,3)13-9-6-8-12-11-7-4-5-10-14(11)17-15(12)13;1-16(2,3)11-8-9-15-13(10-11)12-6-4-5-7-14(12)17-15;1-16(2,3)13-9-6-8-12-11-7-4-5-10-14(11)17-15(12)13;1-16(2,3)11-8-9-15-13(10-11)12-6-4-5-7-14(12)17-15/h4-22H,1-3H3;6-12H,1-5H3;4*4-10H,1-3H3. The number of thiophene rings is 2. The number of nitrogens with zero attached hydrogens (tertiary/aromatic N) is 2. The van der Waals surface area contributed by atoms with Crippen molar-refractivity contribution in [3.8, 4) is 22.5 Å². The van der Waals surface area contributed by atoms with Gasteiger partial charge in [-0.1, -0.05) is 375 Å². The molecule has 0 saturated heterocycles. The van der Waals surface area contributed by atoms with Crippen molar-refractivity contribution in [2.45, 2.75) is 176 Å². The second-order valence-electron chi connectivity index (χ2n) is 40.1. The van der Waals surface area contributed by atoms with Gasteiger partial charge in [0.05, 0.1) is 22.1 Å². The number of furan rings is 2. The number of hydrogen-bond acceptors (Lipinski definition) is 4. The van der Waals surface area contributed by atoms with Gasteiger partial charge in [0, 0.05) is 106 Å². The second-order valence-corrected chi connectivity index (χ2v) is 42.2. The maximum atomic E-state index is 6.01. The van der Waals surface area contributed by atoms with Gasteiger partial charge in [0.1, 0.15) is 22.3 Å². The summed E-state index contributed by atoms with van der Waals surface area (Å²) in [7, 11) is 0. The Labute approximate surface area is 734 Å². The number of hydrogen-bond donors (Lipinski definition) is 0. The normalized spacial score (nSPS) is 12.9. The molecule has 123 heavy (non-hydrogen) atoms. The van der Waals surface area contributed by atoms with Crippen LogP contribution >= 0.6 is 22.7 Å². The quantitative estimate of drug-likeness (QED) is 0.173. The zero-order valence-corrected chi connectivity index (χ0v) is 76.8. The Hall–Kier alpha value is -12.1. The van der Waals surface area contributed by atoms with Crippen LogP contribution in [0.4, 0.5) is 0 Å². The summed E-state index contributed by atoms with van der Waals surface area (Å²) in [5, 5.41) is 15.6. The fraction of sp³-hybridized carbons (Fsp3) is 0.231. The molecule has 1 aliphatic carbocycles. The molecule has 0 aliphatic heterocycles. The van der Waals surface area contributed by atoms with E-state index in [4.69, 9.17) is 8.83 Å². The monoisotopic (exact) mass is 1640 g/mol. The first-order valence-corrected chi connectivity index (χ1v) is 45.2. The van der Waals surface area contributed by atoms with E-state index in [9.17, 15) is 0 Å². The van der Waals surface area contributed by atoms with Crippen molar-refractivity contribution in [1.29, 1.82) is 0 Å². The summed E-state index contributed by atoms with van der Waals surface area (Å²) in [6, 6.07) is 118. The Morgan fingerprint density at radius 3 is 1.12 bits per heavy atom. The topological polar surface area (TPSA) is 36.1 Å². The molecule has 6 heterocycles. The minimum absolute atomic E-state index is 0.00226. The Morgan fingerprint density at radius 2 is 0.602 bits per heavy atom. The average molecular weight is 1640 g/mol. The van der Waals surface area contributed by atoms with E-state index < -0.39 is 0 Å². The fourth-order valence-corrected chi connectivity index (χ4v) is 20.4. The lowest BCUT2D eigenvalue weighted by molar-refractivity contribution is 0.573. The Bertz CT molecular complexity index is 7030. The van der Waals surface area contributed by atoms with Gasteiger partial charge in [0.15, 0.2) is 0 Å². The molecule has 0 radical (unpaired) electrons. The summed E-state index contributed by atoms with van der Waals surface area (Å²) in [6.45, 7) is 45.4. The molecule has 22 rings (SSSR count). The molecule has 15 aromatic carbocycles. The molecular weight excluding hydrogens is 1530 g/mol. The summed E-state index contributed by atoms with van der Waals surface area (Å²) in [5.74, 6) is 0. The van der Waals surface area contributed by atoms with E-state index in [0.29, 0.717) is 0 Å². The first-order chi connectivity index (χ1) is 58.6. The molecule has 6 aromatic heterocycles. The fourth-order valence-electron chi connectivity index (χ4n) is 17.9. The third-order valence-corrected chi connectivity index (χ3v) is 27.2. The zero-order chi connectivity index (χ0) is 86.5. The highest BCUT2D eigenvalue weighted by atomic mass is 32.1. The second kappa shape index (κ2) is 32.0. The maximum Gasteiger partial charge on any atom is 0.139 e. The van der Waals surface area contributed by atoms with Gasteiger partial charge in [-0.3, -0.25) is 0 Å². The van der Waals surface area contributed by atoms with Gasteiger partial charge in [0.25, 0.3) is 0 Å². The average Bonchev–Trinajstić information content (AvgIpc) is 1.58. The molecule has 0 N–H and O–H groups in total. The van der Waals surface area contributed by atoms with Crippen LogP contribution < -0.4 is 0 Å². The first-order valence-electron chi connectivity index (χ1n) is 43.6. The van der Waals surface area contributed by atoms with E-state index in [1.807, 2.05) is 46.9 Å². The van der Waals surface area contributed by atoms with Crippen molar-refractivity contribution < 1.29 is 8.83 Å². The predicted molar refractivity (Wildman–Crippen MR) is 537 cm³/mol. The summed E-state index contributed by atoms with van der Waals surface area (Å²) in [5.41, 5.74) is 26.3. The number of rotatable bonds is 2. The van der Waals surface area contributed by atoms with E-state index in [1.54, 1.807) is 0 Å². The van der Waals surface area contributed by atoms with E-state index >= 15 is 0 Å². The van der Waals surface area contributed by atoms with Crippen LogP contribution in [0.25, 0.3) is 150 Å². The van der Waals surface area contributed by atoms with Gasteiger partial charge < -0.3 is 18.0 Å². The van der Waals surface area contributed by atoms with Crippen LogP contribution in [0, 0.1) is 0 Å². The van der Waals surface area contributed by atoms with Gasteiger partial charge in [-0.15, -0.1) is 22.7 Å². The molecule has 6 heteroatoms. The molecule has 0 atom stereocenters. The number of benzene rings is 15. The molecule has 1 aliphatic rings. The largest absolute Gasteiger partial charge is 0.456 e. The molecule has 0 unspecified atom stereocenters. The third kappa shape index (κ3) is 16.1. The van der Waals surface area contributed by atoms with Crippen LogP contribution in [-0.2, 0) is 37.9 Å². The van der Waals surface area contributed by atoms with Crippen molar-refractivity contribution >= 4 is 151 Å². The Kier molecular flexibility index (Phi) is 21.6. The summed E-state index contributed by atoms with van der Waals surface area (Å²) in [4.78, 5) is 0. The third-order valence-electron chi connectivity index (χ3n) is 24.8. The molecule has 0 spiro atoms. The summed E-state index contributed by atoms with van der Waals surface area (Å²) < 4.78 is 22.3. The van der Waals surface area contributed by atoms with Crippen molar-refractivity contribution in [3.05, 3.63) is 372 Å². The van der Waals surface area contributed by atoms with Gasteiger partial charge in [-0.2, -0.15) is 0 Å². The van der Waals surface area contributed by atoms with Crippen LogP contribution in [0.3, 0.4) is 0 Å². The highest BCUT2D eigenvalue weighted by Gasteiger charge is 2.36. The number of aromatic nitrogens is 2. The minimum Gasteiger partial charge on any atom is -0.456 e. The molecule has 0 amide bonds. The van der Waals surface area contributed by atoms with Gasteiger partial charge in [-0.25, -0.2) is 0 Å². The lowest BCUT2D eigenvalue weighted by atomic mass is 9.80. The van der Waals surface area contributed by atoms with Crippen LogP contribution in [-0.4, -0.2) is 9.13 Å². The van der Waals surface area contributed by atoms with Crippen LogP contribution in [0.15, 0.2) is 336 Å². The maximum absolute atomic E-state index is 6.01. The van der Waals surface area contributed by atoms with Crippen molar-refractivity contribution in [1.82, 2.24) is 9.13 Å². The van der Waals surface area contributed by atoms with E-state index in [0.717, 1.165) is 22.3 Å². The Balaban J connectivity index is 0.000000108. The SMILES string of the molecule is CC(C)(C)c1cc(-n2c3ccccc3c3ccccc32)cc(-n2c3ccccc3c3ccccc32)c1.CC(C)(C)c1ccc2c(c1)-c1ccccc1C2(C)C.CC(C)(C)c1ccc2oc3ccccc3c2c1.CC(C)(C)c1ccc2sc3ccccc3c2c1.CC(C)(C)c1cccc2c1oc1ccccc12.CC(C)(C)c1cccc2c1sc1ccccc12. The van der Waals surface area contributed by atoms with Gasteiger partial charge in [0.2, 0.25) is 0 Å². The smallest absolute Gasteiger partial charge is 0.139 e. The van der Waals surface area contributed by atoms with Gasteiger partial charge >= 0.3 is 0 Å². The molecule has 0 fully saturated rings. The summed E-state index contributed by atoms with van der Waals surface area (Å²) in [6.07, 6.45) is 0. The van der Waals surface area contributed by atoms with Crippen molar-refractivity contribution in [2.75, 3.05) is 0 Å². The predicted octanol–water partition coefficient (Wildman–Crippen LogP) is 34.9. The summed E-state index contributed by atoms with van der Waals surface area (Å²) >= 11 is 3.80. The molecular formula is C117H114N2O2S2. The van der Waals surface area contributed by atoms with E-state index in [1.165, 1.54) is 173 Å². The zero-order valence-electron chi connectivity index (χ0n) is 75.2. The molecule has 0 bridgehead atoms. The molecule has 616 valence electrons. The highest BCUT2D eigenvalue weighted by Crippen LogP contribution is 2.50. The Morgan fingerprint density at radius 1 is 0.236 bits per heavy atom. The van der Waals surface area contributed by atoms with Crippen molar-refractivity contribution in [2.24, 2.45) is 0 Å². The molecule has 0 saturated carbocycles. The molecule has 4 nitrogen and oxygen atoms in total.